The van der Waals surface area contributed by atoms with Gasteiger partial charge in [0.05, 0.1) is 18.1 Å². The van der Waals surface area contributed by atoms with E-state index < -0.39 is 6.10 Å². The molecular formula is C36H57N5O3. The smallest absolute Gasteiger partial charge is 0.226 e. The van der Waals surface area contributed by atoms with E-state index in [4.69, 9.17) is 4.84 Å². The van der Waals surface area contributed by atoms with E-state index in [1.165, 1.54) is 93.7 Å². The molecule has 2 aliphatic heterocycles. The first kappa shape index (κ1) is 31.1. The van der Waals surface area contributed by atoms with Crippen LogP contribution in [0.25, 0.3) is 0 Å². The molecule has 244 valence electrons. The van der Waals surface area contributed by atoms with Crippen molar-refractivity contribution in [1.29, 1.82) is 0 Å². The number of hydrogen-bond donors (Lipinski definition) is 5. The van der Waals surface area contributed by atoms with Crippen molar-refractivity contribution in [2.24, 2.45) is 17.8 Å². The number of aliphatic hydroxyl groups excluding tert-OH is 1. The van der Waals surface area contributed by atoms with Gasteiger partial charge in [0.1, 0.15) is 11.9 Å². The summed E-state index contributed by atoms with van der Waals surface area (Å²) in [6.45, 7) is 3.05. The van der Waals surface area contributed by atoms with Crippen LogP contribution in [0.5, 0.6) is 0 Å². The second-order valence-corrected chi connectivity index (χ2v) is 15.3. The number of amides is 1. The highest BCUT2D eigenvalue weighted by Crippen LogP contribution is 2.50. The van der Waals surface area contributed by atoms with E-state index in [0.29, 0.717) is 24.9 Å². The summed E-state index contributed by atoms with van der Waals surface area (Å²) in [6.07, 6.45) is 21.4. The predicted octanol–water partition coefficient (Wildman–Crippen LogP) is 5.68. The lowest BCUT2D eigenvalue weighted by molar-refractivity contribution is -0.127. The number of rotatable bonds is 7. The van der Waals surface area contributed by atoms with Crippen LogP contribution in [0.15, 0.2) is 18.2 Å². The van der Waals surface area contributed by atoms with Crippen LogP contribution in [-0.4, -0.2) is 46.5 Å². The van der Waals surface area contributed by atoms with E-state index in [2.05, 4.69) is 44.7 Å². The van der Waals surface area contributed by atoms with Crippen molar-refractivity contribution in [3.05, 3.63) is 34.9 Å². The lowest BCUT2D eigenvalue weighted by atomic mass is 9.75. The van der Waals surface area contributed by atoms with Crippen molar-refractivity contribution in [2.75, 3.05) is 13.1 Å². The highest BCUT2D eigenvalue weighted by atomic mass is 16.7. The fourth-order valence-corrected chi connectivity index (χ4v) is 9.57. The minimum absolute atomic E-state index is 0.00335. The highest BCUT2D eigenvalue weighted by molar-refractivity contribution is 5.81. The SMILES string of the molecule is C[C@@H](O)CN1CC(C(=O)N[C@@H]2CCc3cc(C4NOC(C5CCCCCCC5)(C5CC5)N4)ccc32)C2(CCCCCCC2)N1. The average Bonchev–Trinajstić information content (AvgIpc) is 3.46. The van der Waals surface area contributed by atoms with Gasteiger partial charge in [-0.15, -0.1) is 0 Å². The van der Waals surface area contributed by atoms with Crippen molar-refractivity contribution in [3.8, 4) is 0 Å². The molecule has 1 spiro atoms. The van der Waals surface area contributed by atoms with E-state index >= 15 is 0 Å². The van der Waals surface area contributed by atoms with Gasteiger partial charge in [-0.05, 0) is 75.0 Å². The molecule has 4 aliphatic carbocycles. The molecule has 8 heteroatoms. The summed E-state index contributed by atoms with van der Waals surface area (Å²) in [4.78, 5) is 20.6. The number of hydroxylamine groups is 1. The zero-order valence-corrected chi connectivity index (χ0v) is 27.0. The van der Waals surface area contributed by atoms with Gasteiger partial charge in [0, 0.05) is 30.5 Å². The molecule has 0 bridgehead atoms. The first-order chi connectivity index (χ1) is 21.5. The minimum Gasteiger partial charge on any atom is -0.392 e. The number of hydrogen-bond acceptors (Lipinski definition) is 7. The predicted molar refractivity (Wildman–Crippen MR) is 172 cm³/mol. The number of nitrogens with zero attached hydrogens (tertiary/aromatic N) is 1. The highest BCUT2D eigenvalue weighted by Gasteiger charge is 2.56. The van der Waals surface area contributed by atoms with Crippen LogP contribution in [0.3, 0.4) is 0 Å². The Hall–Kier alpha value is -1.55. The summed E-state index contributed by atoms with van der Waals surface area (Å²) >= 11 is 0. The lowest BCUT2D eigenvalue weighted by Crippen LogP contribution is -2.53. The Balaban J connectivity index is 1.03. The number of nitrogens with one attached hydrogen (secondary N) is 4. The van der Waals surface area contributed by atoms with Gasteiger partial charge in [-0.3, -0.25) is 14.9 Å². The summed E-state index contributed by atoms with van der Waals surface area (Å²) in [7, 11) is 0. The molecular weight excluding hydrogens is 550 g/mol. The standard InChI is InChI=1S/C36H57N5O3/c1-25(42)23-41-24-31(35(40-41)20-10-6-3-7-11-21-35)34(43)37-32-19-15-26-22-27(14-18-30(26)32)33-38-36(44-39-33,29-16-17-29)28-12-8-4-2-5-9-13-28/h14,18,22,25,28-29,31-33,38-40,42H,2-13,15-17,19-21,23-24H2,1H3,(H,37,43)/t25-,31?,32-,33?,36?/m1/s1. The van der Waals surface area contributed by atoms with E-state index in [9.17, 15) is 9.90 Å². The number of fused-ring (bicyclic) bond motifs is 1. The van der Waals surface area contributed by atoms with Crippen molar-refractivity contribution in [2.45, 2.75) is 152 Å². The van der Waals surface area contributed by atoms with Gasteiger partial charge in [-0.2, -0.15) is 5.48 Å². The normalized spacial score (nSPS) is 34.2. The quantitative estimate of drug-likeness (QED) is 0.272. The first-order valence-corrected chi connectivity index (χ1v) is 18.3. The van der Waals surface area contributed by atoms with E-state index in [0.717, 1.165) is 38.5 Å². The van der Waals surface area contributed by atoms with Crippen LogP contribution < -0.4 is 21.5 Å². The molecule has 44 heavy (non-hydrogen) atoms. The Morgan fingerprint density at radius 1 is 0.977 bits per heavy atom. The zero-order valence-electron chi connectivity index (χ0n) is 27.0. The molecule has 5 fully saturated rings. The number of hydrazine groups is 1. The Morgan fingerprint density at radius 2 is 1.66 bits per heavy atom. The number of carbonyl (C=O) groups excluding carboxylic acids is 1. The van der Waals surface area contributed by atoms with Gasteiger partial charge < -0.3 is 10.4 Å². The van der Waals surface area contributed by atoms with Crippen LogP contribution in [0.2, 0.25) is 0 Å². The molecule has 8 nitrogen and oxygen atoms in total. The fraction of sp³-hybridized carbons (Fsp3) is 0.806. The Kier molecular flexibility index (Phi) is 9.38. The van der Waals surface area contributed by atoms with Crippen molar-refractivity contribution >= 4 is 5.91 Å². The second-order valence-electron chi connectivity index (χ2n) is 15.3. The second kappa shape index (κ2) is 13.3. The summed E-state index contributed by atoms with van der Waals surface area (Å²) < 4.78 is 0. The Morgan fingerprint density at radius 3 is 2.36 bits per heavy atom. The van der Waals surface area contributed by atoms with Crippen LogP contribution in [-0.2, 0) is 16.1 Å². The molecule has 2 heterocycles. The third-order valence-corrected chi connectivity index (χ3v) is 12.0. The van der Waals surface area contributed by atoms with Gasteiger partial charge >= 0.3 is 0 Å². The fourth-order valence-electron chi connectivity index (χ4n) is 9.57. The van der Waals surface area contributed by atoms with Crippen LogP contribution >= 0.6 is 0 Å². The molecule has 0 aromatic heterocycles. The molecule has 7 rings (SSSR count). The maximum Gasteiger partial charge on any atom is 0.226 e. The number of benzene rings is 1. The van der Waals surface area contributed by atoms with Gasteiger partial charge in [-0.1, -0.05) is 82.4 Å². The van der Waals surface area contributed by atoms with Gasteiger partial charge in [0.2, 0.25) is 5.91 Å². The molecule has 1 aromatic rings. The summed E-state index contributed by atoms with van der Waals surface area (Å²) in [5.74, 6) is 1.26. The topological polar surface area (TPSA) is 97.9 Å². The van der Waals surface area contributed by atoms with Crippen molar-refractivity contribution < 1.29 is 14.7 Å². The molecule has 3 saturated carbocycles. The summed E-state index contributed by atoms with van der Waals surface area (Å²) in [6, 6.07) is 6.92. The summed E-state index contributed by atoms with van der Waals surface area (Å²) in [5, 5.41) is 19.7. The monoisotopic (exact) mass is 607 g/mol. The Labute approximate surface area is 264 Å². The van der Waals surface area contributed by atoms with E-state index in [1.807, 2.05) is 6.92 Å². The Bertz CT molecular complexity index is 1140. The third-order valence-electron chi connectivity index (χ3n) is 12.0. The molecule has 5 N–H and O–H groups in total. The van der Waals surface area contributed by atoms with Crippen LogP contribution in [0.4, 0.5) is 0 Å². The van der Waals surface area contributed by atoms with Crippen molar-refractivity contribution in [1.82, 2.24) is 26.5 Å². The van der Waals surface area contributed by atoms with Crippen molar-refractivity contribution in [3.63, 3.8) is 0 Å². The maximum atomic E-state index is 14.1. The zero-order chi connectivity index (χ0) is 30.1. The number of β-amino-alcohol motifs (C(OH)–C–C–N with tert-alkyl or cyclic N) is 1. The molecule has 2 saturated heterocycles. The molecule has 3 unspecified atom stereocenters. The average molecular weight is 608 g/mol. The third kappa shape index (κ3) is 6.37. The van der Waals surface area contributed by atoms with E-state index in [-0.39, 0.29) is 35.3 Å². The molecule has 1 amide bonds. The minimum atomic E-state index is -0.425. The van der Waals surface area contributed by atoms with Gasteiger partial charge in [0.25, 0.3) is 0 Å². The lowest BCUT2D eigenvalue weighted by Gasteiger charge is -2.37. The number of carbonyl (C=O) groups is 1. The number of aryl methyl sites for hydroxylation is 1. The molecule has 5 atom stereocenters. The largest absolute Gasteiger partial charge is 0.392 e. The maximum absolute atomic E-state index is 14.1. The molecule has 6 aliphatic rings. The van der Waals surface area contributed by atoms with Crippen LogP contribution in [0.1, 0.15) is 145 Å². The molecule has 1 aromatic carbocycles. The van der Waals surface area contributed by atoms with Gasteiger partial charge in [-0.25, -0.2) is 10.4 Å². The first-order valence-electron chi connectivity index (χ1n) is 18.3. The molecule has 0 radical (unpaired) electrons. The van der Waals surface area contributed by atoms with Gasteiger partial charge in [0.15, 0.2) is 0 Å². The van der Waals surface area contributed by atoms with Crippen LogP contribution in [0, 0.1) is 17.8 Å². The van der Waals surface area contributed by atoms with E-state index in [1.54, 1.807) is 0 Å². The summed E-state index contributed by atoms with van der Waals surface area (Å²) in [5.41, 5.74) is 10.6. The number of aliphatic hydroxyl groups is 1.